The Balaban J connectivity index is 1.82. The van der Waals surface area contributed by atoms with Gasteiger partial charge in [-0.3, -0.25) is 19.2 Å². The van der Waals surface area contributed by atoms with Gasteiger partial charge in [0.2, 0.25) is 17.6 Å². The highest BCUT2D eigenvalue weighted by Gasteiger charge is 2.67. The molecule has 0 bridgehead atoms. The molecule has 3 aliphatic rings. The summed E-state index contributed by atoms with van der Waals surface area (Å²) in [5, 5.41) is 47.1. The molecular formula is C25H32N4O8. The van der Waals surface area contributed by atoms with Gasteiger partial charge in [0, 0.05) is 17.5 Å². The average Bonchev–Trinajstić information content (AvgIpc) is 2.77. The molecule has 6 atom stereocenters. The van der Waals surface area contributed by atoms with Crippen molar-refractivity contribution in [3.63, 3.8) is 0 Å². The Hall–Kier alpha value is -3.32. The zero-order valence-electron chi connectivity index (χ0n) is 21.1. The van der Waals surface area contributed by atoms with Crippen LogP contribution in [0.15, 0.2) is 17.7 Å². The van der Waals surface area contributed by atoms with Crippen LogP contribution in [0.1, 0.15) is 17.5 Å². The summed E-state index contributed by atoms with van der Waals surface area (Å²) in [5.74, 6) is -8.48. The smallest absolute Gasteiger partial charge is 0.238 e. The normalized spacial score (nSPS) is 31.2. The van der Waals surface area contributed by atoms with Crippen LogP contribution in [0, 0.1) is 17.8 Å². The predicted octanol–water partition coefficient (Wildman–Crippen LogP) is -1.37. The number of nitrogens with one attached hydrogen (secondary N) is 1. The summed E-state index contributed by atoms with van der Waals surface area (Å²) < 4.78 is 0. The molecule has 3 aliphatic carbocycles. The first-order valence-corrected chi connectivity index (χ1v) is 11.9. The number of nitrogens with two attached hydrogens (primary N) is 1. The van der Waals surface area contributed by atoms with Gasteiger partial charge < -0.3 is 41.3 Å². The number of primary amides is 1. The number of aromatic hydroxyl groups is 1. The third-order valence-electron chi connectivity index (χ3n) is 7.70. The van der Waals surface area contributed by atoms with Crippen molar-refractivity contribution in [3.8, 4) is 5.75 Å². The number of Topliss-reactive ketones (excluding diaryl/α,β-unsaturated/α-hetero) is 2. The maximum Gasteiger partial charge on any atom is 0.238 e. The number of fused-ring (bicyclic) bond motifs is 3. The van der Waals surface area contributed by atoms with E-state index < -0.39 is 70.4 Å². The number of ketones is 2. The molecule has 12 heteroatoms. The number of aliphatic hydroxyl groups excluding tert-OH is 2. The SMILES string of the molecule is CN(C)CC(=O)Nc1ccc2c(c1O)C(O)=C1C(=O)[C@]3(O)C(=O)C(C(N)=O)C(O)[C@@H](N(C)C)[C@@H]3C[C@@H]1C2. The number of likely N-dealkylation sites (N-methyl/N-ethyl adjacent to an activating group) is 2. The standard InChI is InChI=1S/C25H32N4O8/c1-28(2)9-14(30)27-13-6-5-10-7-11-8-12-18(29(3)4)21(33)17(24(26)36)23(35)25(12,37)22(34)16(11)20(32)15(10)19(13)31/h5-6,11-12,17-18,21,31-33,37H,7-9H2,1-4H3,(H2,26,36)(H,27,30)/t11-,12-,17?,18-,21?,25-/m0/s1. The zero-order valence-corrected chi connectivity index (χ0v) is 21.1. The molecule has 0 spiro atoms. The van der Waals surface area contributed by atoms with Crippen LogP contribution in [0.4, 0.5) is 5.69 Å². The second kappa shape index (κ2) is 9.21. The van der Waals surface area contributed by atoms with Crippen molar-refractivity contribution in [2.24, 2.45) is 23.5 Å². The lowest BCUT2D eigenvalue weighted by Gasteiger charge is -2.53. The Kier molecular flexibility index (Phi) is 6.65. The molecule has 0 radical (unpaired) electrons. The third-order valence-corrected chi connectivity index (χ3v) is 7.70. The summed E-state index contributed by atoms with van der Waals surface area (Å²) in [5.41, 5.74) is 2.86. The second-order valence-corrected chi connectivity index (χ2v) is 10.6. The molecule has 2 saturated carbocycles. The summed E-state index contributed by atoms with van der Waals surface area (Å²) in [4.78, 5) is 54.6. The Morgan fingerprint density at radius 1 is 1.16 bits per heavy atom. The van der Waals surface area contributed by atoms with Crippen LogP contribution < -0.4 is 11.1 Å². The van der Waals surface area contributed by atoms with Crippen molar-refractivity contribution in [1.82, 2.24) is 9.80 Å². The van der Waals surface area contributed by atoms with Crippen LogP contribution in [-0.2, 0) is 25.6 Å². The first-order chi connectivity index (χ1) is 17.2. The van der Waals surface area contributed by atoms with E-state index in [0.29, 0.717) is 5.56 Å². The van der Waals surface area contributed by atoms with Gasteiger partial charge in [-0.2, -0.15) is 0 Å². The monoisotopic (exact) mass is 516 g/mol. The van der Waals surface area contributed by atoms with E-state index >= 15 is 0 Å². The second-order valence-electron chi connectivity index (χ2n) is 10.6. The maximum atomic E-state index is 13.8. The van der Waals surface area contributed by atoms with Gasteiger partial charge in [-0.05, 0) is 58.6 Å². The van der Waals surface area contributed by atoms with Crippen LogP contribution in [0.3, 0.4) is 0 Å². The number of phenolic OH excluding ortho intramolecular Hbond substituents is 1. The lowest BCUT2D eigenvalue weighted by atomic mass is 9.54. The maximum absolute atomic E-state index is 13.8. The van der Waals surface area contributed by atoms with E-state index in [4.69, 9.17) is 5.73 Å². The highest BCUT2D eigenvalue weighted by Crippen LogP contribution is 2.52. The Morgan fingerprint density at radius 3 is 2.38 bits per heavy atom. The minimum Gasteiger partial charge on any atom is -0.507 e. The van der Waals surface area contributed by atoms with Gasteiger partial charge in [-0.25, -0.2) is 0 Å². The molecule has 1 aromatic carbocycles. The van der Waals surface area contributed by atoms with Gasteiger partial charge >= 0.3 is 0 Å². The fraction of sp³-hybridized carbons (Fsp3) is 0.520. The zero-order chi connectivity index (χ0) is 27.6. The van der Waals surface area contributed by atoms with Crippen molar-refractivity contribution in [3.05, 3.63) is 28.8 Å². The van der Waals surface area contributed by atoms with Crippen LogP contribution in [0.2, 0.25) is 0 Å². The fourth-order valence-corrected chi connectivity index (χ4v) is 6.16. The highest BCUT2D eigenvalue weighted by atomic mass is 16.3. The molecule has 0 aliphatic heterocycles. The summed E-state index contributed by atoms with van der Waals surface area (Å²) >= 11 is 0. The fourth-order valence-electron chi connectivity index (χ4n) is 6.16. The van der Waals surface area contributed by atoms with Crippen LogP contribution >= 0.6 is 0 Å². The summed E-state index contributed by atoms with van der Waals surface area (Å²) in [6.45, 7) is 0.0423. The van der Waals surface area contributed by atoms with Gasteiger partial charge in [0.15, 0.2) is 11.4 Å². The number of aliphatic hydroxyl groups is 3. The van der Waals surface area contributed by atoms with Crippen LogP contribution in [-0.4, -0.2) is 106 Å². The molecule has 7 N–H and O–H groups in total. The molecule has 1 aromatic rings. The van der Waals surface area contributed by atoms with Gasteiger partial charge in [0.05, 0.1) is 23.9 Å². The summed E-state index contributed by atoms with van der Waals surface area (Å²) in [6.07, 6.45) is -1.30. The molecule has 12 nitrogen and oxygen atoms in total. The summed E-state index contributed by atoms with van der Waals surface area (Å²) in [6, 6.07) is 2.16. The molecule has 2 unspecified atom stereocenters. The van der Waals surface area contributed by atoms with Crippen molar-refractivity contribution in [1.29, 1.82) is 0 Å². The highest BCUT2D eigenvalue weighted by molar-refractivity contribution is 6.25. The first-order valence-electron chi connectivity index (χ1n) is 11.9. The summed E-state index contributed by atoms with van der Waals surface area (Å²) in [7, 11) is 6.58. The van der Waals surface area contributed by atoms with E-state index in [1.54, 1.807) is 39.2 Å². The minimum atomic E-state index is -2.71. The van der Waals surface area contributed by atoms with Crippen LogP contribution in [0.25, 0.3) is 5.76 Å². The van der Waals surface area contributed by atoms with Crippen LogP contribution in [0.5, 0.6) is 5.75 Å². The minimum absolute atomic E-state index is 0.0226. The Bertz CT molecular complexity index is 1230. The number of phenols is 1. The molecule has 2 amide bonds. The number of carbonyl (C=O) groups is 4. The molecular weight excluding hydrogens is 484 g/mol. The quantitative estimate of drug-likeness (QED) is 0.201. The molecule has 2 fully saturated rings. The van der Waals surface area contributed by atoms with Crippen molar-refractivity contribution in [2.45, 2.75) is 30.6 Å². The molecule has 0 heterocycles. The van der Waals surface area contributed by atoms with E-state index in [1.807, 2.05) is 0 Å². The lowest BCUT2D eigenvalue weighted by Crippen LogP contribution is -2.73. The van der Waals surface area contributed by atoms with E-state index in [9.17, 15) is 39.6 Å². The van der Waals surface area contributed by atoms with Crippen molar-refractivity contribution in [2.75, 3.05) is 40.1 Å². The van der Waals surface area contributed by atoms with E-state index in [1.165, 1.54) is 11.0 Å². The molecule has 4 rings (SSSR count). The number of hydrogen-bond acceptors (Lipinski definition) is 10. The third kappa shape index (κ3) is 4.00. The number of benzene rings is 1. The number of carbonyl (C=O) groups excluding carboxylic acids is 4. The van der Waals surface area contributed by atoms with E-state index in [0.717, 1.165) is 0 Å². The number of anilines is 1. The van der Waals surface area contributed by atoms with Gasteiger partial charge in [-0.1, -0.05) is 6.07 Å². The van der Waals surface area contributed by atoms with E-state index in [-0.39, 0.29) is 36.2 Å². The van der Waals surface area contributed by atoms with Gasteiger partial charge in [-0.15, -0.1) is 0 Å². The molecule has 37 heavy (non-hydrogen) atoms. The number of hydrogen-bond donors (Lipinski definition) is 6. The van der Waals surface area contributed by atoms with Crippen molar-refractivity contribution >= 4 is 34.8 Å². The lowest BCUT2D eigenvalue weighted by molar-refractivity contribution is -0.184. The van der Waals surface area contributed by atoms with Gasteiger partial charge in [0.25, 0.3) is 0 Å². The Morgan fingerprint density at radius 2 is 1.81 bits per heavy atom. The van der Waals surface area contributed by atoms with Crippen molar-refractivity contribution < 1.29 is 39.6 Å². The molecule has 0 aromatic heterocycles. The van der Waals surface area contributed by atoms with Gasteiger partial charge in [0.1, 0.15) is 17.4 Å². The average molecular weight is 517 g/mol. The molecule has 0 saturated heterocycles. The van der Waals surface area contributed by atoms with E-state index in [2.05, 4.69) is 5.32 Å². The number of nitrogens with zero attached hydrogens (tertiary/aromatic N) is 2. The predicted molar refractivity (Wildman–Crippen MR) is 131 cm³/mol. The number of amides is 2. The topological polar surface area (TPSA) is 194 Å². The number of rotatable bonds is 5. The first kappa shape index (κ1) is 26.7. The largest absolute Gasteiger partial charge is 0.507 e. The molecule has 200 valence electrons. The Labute approximate surface area is 213 Å².